The van der Waals surface area contributed by atoms with Crippen LogP contribution in [-0.4, -0.2) is 0 Å². The lowest BCUT2D eigenvalue weighted by molar-refractivity contribution is 0.274. The van der Waals surface area contributed by atoms with E-state index < -0.39 is 0 Å². The molecule has 1 atom stereocenters. The van der Waals surface area contributed by atoms with Crippen molar-refractivity contribution in [2.75, 3.05) is 0 Å². The molecule has 3 N–H and O–H groups in total. The fraction of sp³-hybridized carbons (Fsp3) is 0.538. The Morgan fingerprint density at radius 2 is 1.80 bits per heavy atom. The summed E-state index contributed by atoms with van der Waals surface area (Å²) in [5, 5.41) is 0. The monoisotopic (exact) mass is 206 g/mol. The number of hydrogen-bond acceptors (Lipinski definition) is 2. The summed E-state index contributed by atoms with van der Waals surface area (Å²) in [4.78, 5) is 0. The molecular weight excluding hydrogens is 184 g/mol. The van der Waals surface area contributed by atoms with Crippen LogP contribution in [0.2, 0.25) is 0 Å². The summed E-state index contributed by atoms with van der Waals surface area (Å²) in [5.74, 6) is 5.66. The van der Waals surface area contributed by atoms with Crippen molar-refractivity contribution < 1.29 is 0 Å². The quantitative estimate of drug-likeness (QED) is 0.577. The predicted molar refractivity (Wildman–Crippen MR) is 65.4 cm³/mol. The number of nitrogens with two attached hydrogens (primary N) is 1. The zero-order valence-corrected chi connectivity index (χ0v) is 10.4. The molecule has 1 rings (SSSR count). The second kappa shape index (κ2) is 4.33. The van der Waals surface area contributed by atoms with Crippen LogP contribution >= 0.6 is 0 Å². The number of rotatable bonds is 2. The lowest BCUT2D eigenvalue weighted by Gasteiger charge is -2.31. The van der Waals surface area contributed by atoms with Crippen molar-refractivity contribution in [1.82, 2.24) is 5.43 Å². The van der Waals surface area contributed by atoms with E-state index in [1.54, 1.807) is 0 Å². The maximum Gasteiger partial charge on any atom is 0.0510 e. The van der Waals surface area contributed by atoms with Crippen LogP contribution in [0.15, 0.2) is 18.2 Å². The summed E-state index contributed by atoms with van der Waals surface area (Å²) < 4.78 is 0. The summed E-state index contributed by atoms with van der Waals surface area (Å²) in [6, 6.07) is 6.57. The molecule has 1 aromatic rings. The number of benzene rings is 1. The molecule has 1 aromatic carbocycles. The van der Waals surface area contributed by atoms with E-state index in [1.807, 2.05) is 0 Å². The van der Waals surface area contributed by atoms with Gasteiger partial charge in [-0.05, 0) is 36.0 Å². The molecule has 0 saturated carbocycles. The van der Waals surface area contributed by atoms with Crippen LogP contribution in [0, 0.1) is 19.3 Å². The highest BCUT2D eigenvalue weighted by Crippen LogP contribution is 2.34. The van der Waals surface area contributed by atoms with Crippen molar-refractivity contribution in [1.29, 1.82) is 0 Å². The minimum Gasteiger partial charge on any atom is -0.271 e. The van der Waals surface area contributed by atoms with Crippen LogP contribution in [-0.2, 0) is 0 Å². The van der Waals surface area contributed by atoms with Gasteiger partial charge in [-0.2, -0.15) is 0 Å². The summed E-state index contributed by atoms with van der Waals surface area (Å²) >= 11 is 0. The zero-order chi connectivity index (χ0) is 11.6. The summed E-state index contributed by atoms with van der Waals surface area (Å²) in [6.07, 6.45) is 0. The van der Waals surface area contributed by atoms with E-state index in [0.717, 1.165) is 0 Å². The zero-order valence-electron chi connectivity index (χ0n) is 10.4. The van der Waals surface area contributed by atoms with Gasteiger partial charge >= 0.3 is 0 Å². The molecular formula is C13H22N2. The Bertz CT molecular complexity index is 337. The van der Waals surface area contributed by atoms with E-state index >= 15 is 0 Å². The normalized spacial score (nSPS) is 14.0. The fourth-order valence-corrected chi connectivity index (χ4v) is 1.89. The third-order valence-electron chi connectivity index (χ3n) is 2.99. The molecule has 0 amide bonds. The topological polar surface area (TPSA) is 38.0 Å². The van der Waals surface area contributed by atoms with Gasteiger partial charge in [0.25, 0.3) is 0 Å². The lowest BCUT2D eigenvalue weighted by Crippen LogP contribution is -2.37. The average Bonchev–Trinajstić information content (AvgIpc) is 2.11. The molecule has 0 aliphatic carbocycles. The predicted octanol–water partition coefficient (Wildman–Crippen LogP) is 2.85. The van der Waals surface area contributed by atoms with E-state index in [-0.39, 0.29) is 11.5 Å². The van der Waals surface area contributed by atoms with Crippen molar-refractivity contribution in [3.8, 4) is 0 Å². The van der Waals surface area contributed by atoms with Gasteiger partial charge in [0.05, 0.1) is 6.04 Å². The Kier molecular flexibility index (Phi) is 3.53. The SMILES string of the molecule is Cc1cccc(C(NN)C(C)(C)C)c1C. The number of hydrazine groups is 1. The maximum absolute atomic E-state index is 5.66. The van der Waals surface area contributed by atoms with Crippen LogP contribution in [0.5, 0.6) is 0 Å². The molecule has 2 nitrogen and oxygen atoms in total. The second-order valence-corrected chi connectivity index (χ2v) is 5.25. The van der Waals surface area contributed by atoms with Gasteiger partial charge in [-0.15, -0.1) is 0 Å². The van der Waals surface area contributed by atoms with Gasteiger partial charge < -0.3 is 0 Å². The van der Waals surface area contributed by atoms with Gasteiger partial charge in [0.1, 0.15) is 0 Å². The van der Waals surface area contributed by atoms with E-state index in [1.165, 1.54) is 16.7 Å². The maximum atomic E-state index is 5.66. The molecule has 0 heterocycles. The van der Waals surface area contributed by atoms with E-state index in [9.17, 15) is 0 Å². The first-order chi connectivity index (χ1) is 6.88. The molecule has 0 aromatic heterocycles. The van der Waals surface area contributed by atoms with Gasteiger partial charge in [-0.25, -0.2) is 0 Å². The van der Waals surface area contributed by atoms with E-state index in [0.29, 0.717) is 0 Å². The minimum absolute atomic E-state index is 0.118. The Labute approximate surface area is 92.8 Å². The molecule has 0 aliphatic heterocycles. The smallest absolute Gasteiger partial charge is 0.0510 e. The highest BCUT2D eigenvalue weighted by atomic mass is 15.2. The first kappa shape index (κ1) is 12.2. The molecule has 0 radical (unpaired) electrons. The number of aryl methyl sites for hydroxylation is 1. The first-order valence-corrected chi connectivity index (χ1v) is 5.40. The van der Waals surface area contributed by atoms with Gasteiger partial charge in [0, 0.05) is 0 Å². The minimum atomic E-state index is 0.118. The molecule has 0 spiro atoms. The van der Waals surface area contributed by atoms with Crippen LogP contribution in [0.25, 0.3) is 0 Å². The second-order valence-electron chi connectivity index (χ2n) is 5.25. The number of hydrogen-bond donors (Lipinski definition) is 2. The van der Waals surface area contributed by atoms with Crippen molar-refractivity contribution in [3.63, 3.8) is 0 Å². The Morgan fingerprint density at radius 3 is 2.27 bits per heavy atom. The highest BCUT2D eigenvalue weighted by Gasteiger charge is 2.26. The van der Waals surface area contributed by atoms with Crippen molar-refractivity contribution in [3.05, 3.63) is 34.9 Å². The lowest BCUT2D eigenvalue weighted by atomic mass is 9.80. The van der Waals surface area contributed by atoms with Crippen molar-refractivity contribution in [2.24, 2.45) is 11.3 Å². The molecule has 0 bridgehead atoms. The highest BCUT2D eigenvalue weighted by molar-refractivity contribution is 5.36. The van der Waals surface area contributed by atoms with Gasteiger partial charge in [0.15, 0.2) is 0 Å². The Balaban J connectivity index is 3.19. The van der Waals surface area contributed by atoms with Crippen molar-refractivity contribution >= 4 is 0 Å². The standard InChI is InChI=1S/C13H22N2/c1-9-7-6-8-11(10(9)2)12(15-14)13(3,4)5/h6-8,12,15H,14H2,1-5H3. The van der Waals surface area contributed by atoms with Crippen LogP contribution in [0.1, 0.15) is 43.5 Å². The fourth-order valence-electron chi connectivity index (χ4n) is 1.89. The van der Waals surface area contributed by atoms with E-state index in [4.69, 9.17) is 5.84 Å². The molecule has 0 saturated heterocycles. The van der Waals surface area contributed by atoms with Crippen LogP contribution in [0.4, 0.5) is 0 Å². The summed E-state index contributed by atoms with van der Waals surface area (Å²) in [6.45, 7) is 10.9. The van der Waals surface area contributed by atoms with Gasteiger partial charge in [-0.1, -0.05) is 39.0 Å². The van der Waals surface area contributed by atoms with Crippen LogP contribution in [0.3, 0.4) is 0 Å². The largest absolute Gasteiger partial charge is 0.271 e. The summed E-state index contributed by atoms with van der Waals surface area (Å²) in [7, 11) is 0. The molecule has 1 unspecified atom stereocenters. The molecule has 0 fully saturated rings. The van der Waals surface area contributed by atoms with Crippen LogP contribution < -0.4 is 11.3 Å². The number of nitrogens with one attached hydrogen (secondary N) is 1. The molecule has 2 heteroatoms. The van der Waals surface area contributed by atoms with Crippen molar-refractivity contribution in [2.45, 2.75) is 40.7 Å². The van der Waals surface area contributed by atoms with Gasteiger partial charge in [-0.3, -0.25) is 11.3 Å². The Hall–Kier alpha value is -0.860. The third kappa shape index (κ3) is 2.58. The molecule has 84 valence electrons. The molecule has 15 heavy (non-hydrogen) atoms. The Morgan fingerprint density at radius 1 is 1.20 bits per heavy atom. The third-order valence-corrected chi connectivity index (χ3v) is 2.99. The summed E-state index contributed by atoms with van der Waals surface area (Å²) in [5.41, 5.74) is 6.99. The van der Waals surface area contributed by atoms with Gasteiger partial charge in [0.2, 0.25) is 0 Å². The van der Waals surface area contributed by atoms with E-state index in [2.05, 4.69) is 58.2 Å². The average molecular weight is 206 g/mol. The molecule has 0 aliphatic rings. The first-order valence-electron chi connectivity index (χ1n) is 5.40.